The maximum atomic E-state index is 12.9. The molecule has 1 N–H and O–H groups in total. The number of fused-ring (bicyclic) bond motifs is 1. The molecule has 1 aromatic heterocycles. The predicted molar refractivity (Wildman–Crippen MR) is 110 cm³/mol. The highest BCUT2D eigenvalue weighted by atomic mass is 16.5. The monoisotopic (exact) mass is 411 g/mol. The second-order valence-corrected chi connectivity index (χ2v) is 7.62. The van der Waals surface area contributed by atoms with Crippen molar-refractivity contribution < 1.29 is 23.9 Å². The van der Waals surface area contributed by atoms with Crippen LogP contribution in [0.3, 0.4) is 0 Å². The van der Waals surface area contributed by atoms with Crippen LogP contribution in [0.25, 0.3) is 0 Å². The van der Waals surface area contributed by atoms with Crippen molar-refractivity contribution in [3.05, 3.63) is 47.8 Å². The summed E-state index contributed by atoms with van der Waals surface area (Å²) < 4.78 is 12.6. The van der Waals surface area contributed by atoms with Crippen molar-refractivity contribution in [3.63, 3.8) is 0 Å². The summed E-state index contributed by atoms with van der Waals surface area (Å²) in [6, 6.07) is 8.54. The van der Waals surface area contributed by atoms with Crippen LogP contribution in [0.5, 0.6) is 5.75 Å². The molecule has 4 rings (SSSR count). The Balaban J connectivity index is 1.34. The van der Waals surface area contributed by atoms with Gasteiger partial charge in [-0.25, -0.2) is 4.79 Å². The van der Waals surface area contributed by atoms with E-state index < -0.39 is 5.97 Å². The molecule has 8 nitrogen and oxygen atoms in total. The number of carbonyl (C=O) groups excluding carboxylic acids is 3. The normalized spacial score (nSPS) is 18.2. The molecule has 0 spiro atoms. The van der Waals surface area contributed by atoms with Crippen LogP contribution in [0.2, 0.25) is 0 Å². The highest BCUT2D eigenvalue weighted by Crippen LogP contribution is 2.29. The minimum Gasteiger partial charge on any atom is -0.482 e. The van der Waals surface area contributed by atoms with Gasteiger partial charge in [-0.05, 0) is 49.6 Å². The van der Waals surface area contributed by atoms with E-state index in [1.165, 1.54) is 0 Å². The molecule has 30 heavy (non-hydrogen) atoms. The average Bonchev–Trinajstić information content (AvgIpc) is 3.19. The number of aromatic nitrogens is 1. The zero-order chi connectivity index (χ0) is 21.1. The third-order valence-electron chi connectivity index (χ3n) is 5.59. The van der Waals surface area contributed by atoms with E-state index in [1.54, 1.807) is 18.2 Å². The maximum absolute atomic E-state index is 12.9. The number of rotatable bonds is 5. The fraction of sp³-hybridized carbons (Fsp3) is 0.409. The highest BCUT2D eigenvalue weighted by molar-refractivity contribution is 5.97. The van der Waals surface area contributed by atoms with Gasteiger partial charge in [-0.3, -0.25) is 9.59 Å². The minimum atomic E-state index is -0.450. The third kappa shape index (κ3) is 4.17. The van der Waals surface area contributed by atoms with Crippen molar-refractivity contribution in [2.24, 2.45) is 7.05 Å². The first-order valence-corrected chi connectivity index (χ1v) is 10.2. The first-order valence-electron chi connectivity index (χ1n) is 10.2. The lowest BCUT2D eigenvalue weighted by Gasteiger charge is -2.35. The number of ether oxygens (including phenoxy) is 2. The second kappa shape index (κ2) is 8.61. The van der Waals surface area contributed by atoms with Gasteiger partial charge in [-0.15, -0.1) is 0 Å². The molecule has 2 amide bonds. The summed E-state index contributed by atoms with van der Waals surface area (Å²) >= 11 is 0. The molecule has 0 radical (unpaired) electrons. The van der Waals surface area contributed by atoms with Crippen LogP contribution in [-0.4, -0.2) is 53.1 Å². The second-order valence-electron chi connectivity index (χ2n) is 7.62. The standard InChI is InChI=1S/C22H25N3O5/c1-24-10-4-6-18(24)21(27)25-11-3-2-5-16(25)9-12-29-22(28)15-7-8-17-19(13-15)30-14-20(26)23-17/h4,6-8,10,13,16H,2-3,5,9,11-12,14H2,1H3,(H,23,26). The number of hydrogen-bond acceptors (Lipinski definition) is 5. The van der Waals surface area contributed by atoms with Gasteiger partial charge >= 0.3 is 5.97 Å². The molecule has 0 saturated carbocycles. The summed E-state index contributed by atoms with van der Waals surface area (Å²) in [6.07, 6.45) is 5.41. The molecular weight excluding hydrogens is 386 g/mol. The Morgan fingerprint density at radius 1 is 1.27 bits per heavy atom. The molecule has 1 fully saturated rings. The Hall–Kier alpha value is -3.29. The van der Waals surface area contributed by atoms with Crippen LogP contribution < -0.4 is 10.1 Å². The van der Waals surface area contributed by atoms with Crippen LogP contribution in [0, 0.1) is 0 Å². The van der Waals surface area contributed by atoms with Gasteiger partial charge < -0.3 is 24.3 Å². The molecule has 2 aliphatic heterocycles. The van der Waals surface area contributed by atoms with Gasteiger partial charge in [-0.2, -0.15) is 0 Å². The fourth-order valence-electron chi connectivity index (χ4n) is 3.97. The number of benzene rings is 1. The van der Waals surface area contributed by atoms with Gasteiger partial charge in [0.25, 0.3) is 11.8 Å². The number of esters is 1. The molecule has 8 heteroatoms. The summed E-state index contributed by atoms with van der Waals surface area (Å²) in [7, 11) is 1.86. The predicted octanol–water partition coefficient (Wildman–Crippen LogP) is 2.60. The van der Waals surface area contributed by atoms with Crippen molar-refractivity contribution in [2.45, 2.75) is 31.7 Å². The van der Waals surface area contributed by atoms with E-state index in [4.69, 9.17) is 9.47 Å². The Morgan fingerprint density at radius 3 is 2.93 bits per heavy atom. The van der Waals surface area contributed by atoms with Gasteiger partial charge in [0.2, 0.25) is 0 Å². The van der Waals surface area contributed by atoms with E-state index in [0.29, 0.717) is 29.1 Å². The van der Waals surface area contributed by atoms with Crippen LogP contribution in [0.4, 0.5) is 5.69 Å². The van der Waals surface area contributed by atoms with Gasteiger partial charge in [-0.1, -0.05) is 0 Å². The van der Waals surface area contributed by atoms with Gasteiger partial charge in [0.1, 0.15) is 11.4 Å². The smallest absolute Gasteiger partial charge is 0.338 e. The summed E-state index contributed by atoms with van der Waals surface area (Å²) in [5, 5.41) is 2.69. The number of likely N-dealkylation sites (tertiary alicyclic amines) is 1. The molecule has 1 aromatic carbocycles. The quantitative estimate of drug-likeness (QED) is 0.764. The Bertz CT molecular complexity index is 967. The molecule has 1 saturated heterocycles. The summed E-state index contributed by atoms with van der Waals surface area (Å²) in [4.78, 5) is 38.6. The number of aryl methyl sites for hydroxylation is 1. The van der Waals surface area contributed by atoms with Crippen molar-refractivity contribution in [1.29, 1.82) is 0 Å². The van der Waals surface area contributed by atoms with Crippen LogP contribution in [0.1, 0.15) is 46.5 Å². The molecule has 158 valence electrons. The summed E-state index contributed by atoms with van der Waals surface area (Å²) in [5.41, 5.74) is 1.57. The maximum Gasteiger partial charge on any atom is 0.338 e. The van der Waals surface area contributed by atoms with E-state index in [1.807, 2.05) is 34.8 Å². The van der Waals surface area contributed by atoms with Crippen molar-refractivity contribution in [1.82, 2.24) is 9.47 Å². The molecule has 1 atom stereocenters. The van der Waals surface area contributed by atoms with Crippen LogP contribution in [-0.2, 0) is 16.6 Å². The van der Waals surface area contributed by atoms with Crippen LogP contribution in [0.15, 0.2) is 36.5 Å². The van der Waals surface area contributed by atoms with Crippen LogP contribution >= 0.6 is 0 Å². The zero-order valence-corrected chi connectivity index (χ0v) is 16.9. The van der Waals surface area contributed by atoms with E-state index in [2.05, 4.69) is 5.32 Å². The lowest BCUT2D eigenvalue weighted by molar-refractivity contribution is -0.118. The van der Waals surface area contributed by atoms with E-state index in [0.717, 1.165) is 25.8 Å². The van der Waals surface area contributed by atoms with Gasteiger partial charge in [0.15, 0.2) is 6.61 Å². The number of carbonyl (C=O) groups is 3. The third-order valence-corrected chi connectivity index (χ3v) is 5.59. The van der Waals surface area contributed by atoms with Crippen molar-refractivity contribution in [2.75, 3.05) is 25.1 Å². The Labute approximate surface area is 174 Å². The summed E-state index contributed by atoms with van der Waals surface area (Å²) in [6.45, 7) is 0.879. The highest BCUT2D eigenvalue weighted by Gasteiger charge is 2.28. The van der Waals surface area contributed by atoms with Gasteiger partial charge in [0, 0.05) is 32.3 Å². The van der Waals surface area contributed by atoms with E-state index >= 15 is 0 Å². The zero-order valence-electron chi connectivity index (χ0n) is 16.9. The first-order chi connectivity index (χ1) is 14.5. The fourth-order valence-corrected chi connectivity index (χ4v) is 3.97. The number of nitrogens with one attached hydrogen (secondary N) is 1. The number of piperidine rings is 1. The minimum absolute atomic E-state index is 0.0207. The largest absolute Gasteiger partial charge is 0.482 e. The lowest BCUT2D eigenvalue weighted by Crippen LogP contribution is -2.44. The molecule has 3 heterocycles. The van der Waals surface area contributed by atoms with E-state index in [9.17, 15) is 14.4 Å². The molecule has 0 aliphatic carbocycles. The van der Waals surface area contributed by atoms with Gasteiger partial charge in [0.05, 0.1) is 17.9 Å². The average molecular weight is 411 g/mol. The first kappa shape index (κ1) is 20.0. The number of anilines is 1. The van der Waals surface area contributed by atoms with Crippen molar-refractivity contribution in [3.8, 4) is 5.75 Å². The topological polar surface area (TPSA) is 89.9 Å². The van der Waals surface area contributed by atoms with Crippen molar-refractivity contribution >= 4 is 23.5 Å². The molecule has 0 bridgehead atoms. The lowest BCUT2D eigenvalue weighted by atomic mass is 9.99. The SMILES string of the molecule is Cn1cccc1C(=O)N1CCCCC1CCOC(=O)c1ccc2c(c1)OCC(=O)N2. The Kier molecular flexibility index (Phi) is 5.74. The molecular formula is C22H25N3O5. The number of amides is 2. The number of nitrogens with zero attached hydrogens (tertiary/aromatic N) is 2. The molecule has 2 aliphatic rings. The summed E-state index contributed by atoms with van der Waals surface area (Å²) in [5.74, 6) is -0.197. The molecule has 1 unspecified atom stereocenters. The molecule has 2 aromatic rings. The van der Waals surface area contributed by atoms with E-state index in [-0.39, 0.29) is 31.1 Å². The Morgan fingerprint density at radius 2 is 2.13 bits per heavy atom. The number of hydrogen-bond donors (Lipinski definition) is 1.